The molecule has 0 aromatic heterocycles. The van der Waals surface area contributed by atoms with Crippen molar-refractivity contribution in [3.05, 3.63) is 68.7 Å². The highest BCUT2D eigenvalue weighted by Crippen LogP contribution is 2.26. The molecule has 0 aliphatic rings. The molecule has 2 rings (SSSR count). The van der Waals surface area contributed by atoms with Crippen molar-refractivity contribution >= 4 is 46.6 Å². The Kier molecular flexibility index (Phi) is 7.33. The first-order valence-electron chi connectivity index (χ1n) is 8.02. The van der Waals surface area contributed by atoms with Crippen molar-refractivity contribution in [3.8, 4) is 0 Å². The molecule has 0 radical (unpaired) electrons. The Hall–Kier alpha value is -1.75. The Morgan fingerprint density at radius 3 is 2.15 bits per heavy atom. The zero-order valence-corrected chi connectivity index (χ0v) is 16.7. The molecule has 0 heterocycles. The van der Waals surface area contributed by atoms with Crippen LogP contribution in [0.3, 0.4) is 0 Å². The smallest absolute Gasteiger partial charge is 0.242 e. The van der Waals surface area contributed by atoms with Crippen LogP contribution >= 0.6 is 34.8 Å². The molecule has 0 saturated heterocycles. The first-order valence-corrected chi connectivity index (χ1v) is 9.16. The van der Waals surface area contributed by atoms with E-state index in [-0.39, 0.29) is 24.8 Å². The average molecular weight is 414 g/mol. The molecular weight excluding hydrogens is 395 g/mol. The summed E-state index contributed by atoms with van der Waals surface area (Å²) in [5.41, 5.74) is 1.29. The van der Waals surface area contributed by atoms with Crippen molar-refractivity contribution in [2.75, 3.05) is 7.05 Å². The van der Waals surface area contributed by atoms with E-state index in [1.807, 2.05) is 18.2 Å². The molecule has 7 heteroatoms. The van der Waals surface area contributed by atoms with Crippen molar-refractivity contribution in [1.29, 1.82) is 0 Å². The molecule has 0 spiro atoms. The van der Waals surface area contributed by atoms with Crippen LogP contribution in [0.25, 0.3) is 0 Å². The second-order valence-corrected chi connectivity index (χ2v) is 7.00. The van der Waals surface area contributed by atoms with Crippen molar-refractivity contribution < 1.29 is 9.59 Å². The first kappa shape index (κ1) is 20.6. The van der Waals surface area contributed by atoms with Crippen LogP contribution in [0, 0.1) is 0 Å². The first-order chi connectivity index (χ1) is 12.3. The number of hydrogen-bond donors (Lipinski definition) is 1. The molecule has 138 valence electrons. The van der Waals surface area contributed by atoms with Crippen LogP contribution in [0.15, 0.2) is 42.5 Å². The van der Waals surface area contributed by atoms with Crippen LogP contribution in [0.2, 0.25) is 15.1 Å². The predicted molar refractivity (Wildman–Crippen MR) is 106 cm³/mol. The molecule has 2 aromatic carbocycles. The lowest BCUT2D eigenvalue weighted by Crippen LogP contribution is -2.47. The summed E-state index contributed by atoms with van der Waals surface area (Å²) in [5, 5.41) is 3.93. The predicted octanol–water partition coefficient (Wildman–Crippen LogP) is 4.35. The van der Waals surface area contributed by atoms with Crippen LogP contribution in [-0.2, 0) is 22.6 Å². The second-order valence-electron chi connectivity index (χ2n) is 5.78. The van der Waals surface area contributed by atoms with Gasteiger partial charge in [-0.25, -0.2) is 0 Å². The number of carbonyl (C=O) groups excluding carboxylic acids is 2. The molecule has 26 heavy (non-hydrogen) atoms. The second kappa shape index (κ2) is 9.26. The van der Waals surface area contributed by atoms with E-state index in [4.69, 9.17) is 34.8 Å². The van der Waals surface area contributed by atoms with E-state index in [1.165, 1.54) is 11.9 Å². The zero-order valence-electron chi connectivity index (χ0n) is 14.4. The molecule has 1 N–H and O–H groups in total. The molecule has 2 aromatic rings. The van der Waals surface area contributed by atoms with Gasteiger partial charge in [-0.05, 0) is 36.2 Å². The van der Waals surface area contributed by atoms with E-state index < -0.39 is 6.04 Å². The Morgan fingerprint density at radius 2 is 1.58 bits per heavy atom. The number of nitrogens with zero attached hydrogens (tertiary/aromatic N) is 1. The van der Waals surface area contributed by atoms with E-state index in [1.54, 1.807) is 31.2 Å². The summed E-state index contributed by atoms with van der Waals surface area (Å²) in [4.78, 5) is 26.6. The number of likely N-dealkylation sites (N-methyl/N-ethyl adjacent to an activating group) is 1. The van der Waals surface area contributed by atoms with Crippen molar-refractivity contribution in [1.82, 2.24) is 10.2 Å². The normalized spacial score (nSPS) is 11.7. The van der Waals surface area contributed by atoms with Crippen LogP contribution in [-0.4, -0.2) is 29.8 Å². The number of hydrogen-bond acceptors (Lipinski definition) is 2. The number of amides is 2. The quantitative estimate of drug-likeness (QED) is 0.765. The molecule has 0 saturated carbocycles. The number of halogens is 3. The van der Waals surface area contributed by atoms with Crippen LogP contribution in [0.5, 0.6) is 0 Å². The fourth-order valence-corrected chi connectivity index (χ4v) is 3.28. The minimum atomic E-state index is -0.676. The summed E-state index contributed by atoms with van der Waals surface area (Å²) in [6.07, 6.45) is -0.00963. The van der Waals surface area contributed by atoms with E-state index in [2.05, 4.69) is 5.32 Å². The number of benzene rings is 2. The van der Waals surface area contributed by atoms with Gasteiger partial charge >= 0.3 is 0 Å². The minimum absolute atomic E-state index is 0.00963. The molecule has 2 amide bonds. The van der Waals surface area contributed by atoms with Crippen molar-refractivity contribution in [3.63, 3.8) is 0 Å². The lowest BCUT2D eigenvalue weighted by molar-refractivity contribution is -0.139. The average Bonchev–Trinajstić information content (AvgIpc) is 2.62. The highest BCUT2D eigenvalue weighted by atomic mass is 35.5. The van der Waals surface area contributed by atoms with Gasteiger partial charge in [-0.15, -0.1) is 0 Å². The maximum absolute atomic E-state index is 13.0. The maximum Gasteiger partial charge on any atom is 0.242 e. The Balaban J connectivity index is 2.32. The van der Waals surface area contributed by atoms with Gasteiger partial charge < -0.3 is 10.2 Å². The summed E-state index contributed by atoms with van der Waals surface area (Å²) >= 11 is 18.6. The molecular formula is C19H19Cl3N2O2. The monoisotopic (exact) mass is 412 g/mol. The number of nitrogens with one attached hydrogen (secondary N) is 1. The maximum atomic E-state index is 13.0. The van der Waals surface area contributed by atoms with Gasteiger partial charge in [0.2, 0.25) is 11.8 Å². The van der Waals surface area contributed by atoms with Gasteiger partial charge in [0.25, 0.3) is 0 Å². The lowest BCUT2D eigenvalue weighted by Gasteiger charge is -2.29. The van der Waals surface area contributed by atoms with Gasteiger partial charge in [0.05, 0.1) is 6.42 Å². The Morgan fingerprint density at radius 1 is 1.00 bits per heavy atom. The molecule has 0 fully saturated rings. The summed E-state index contributed by atoms with van der Waals surface area (Å²) in [6.45, 7) is 1.87. The van der Waals surface area contributed by atoms with E-state index in [0.717, 1.165) is 5.56 Å². The van der Waals surface area contributed by atoms with Crippen LogP contribution in [0.1, 0.15) is 18.1 Å². The minimum Gasteiger partial charge on any atom is -0.357 e. The molecule has 0 bridgehead atoms. The van der Waals surface area contributed by atoms with E-state index >= 15 is 0 Å². The summed E-state index contributed by atoms with van der Waals surface area (Å²) in [6, 6.07) is 11.6. The molecule has 4 nitrogen and oxygen atoms in total. The third kappa shape index (κ3) is 4.91. The number of rotatable bonds is 6. The SMILES string of the molecule is CNC(=O)[C@H](C)N(Cc1ccccc1Cl)C(=O)Cc1c(Cl)cccc1Cl. The Labute approximate surface area is 168 Å². The van der Waals surface area contributed by atoms with Crippen LogP contribution < -0.4 is 5.32 Å². The van der Waals surface area contributed by atoms with Gasteiger partial charge in [0, 0.05) is 28.7 Å². The fourth-order valence-electron chi connectivity index (χ4n) is 2.56. The van der Waals surface area contributed by atoms with E-state index in [9.17, 15) is 9.59 Å². The van der Waals surface area contributed by atoms with Gasteiger partial charge in [-0.1, -0.05) is 59.1 Å². The highest BCUT2D eigenvalue weighted by molar-refractivity contribution is 6.36. The van der Waals surface area contributed by atoms with Gasteiger partial charge in [0.1, 0.15) is 6.04 Å². The highest BCUT2D eigenvalue weighted by Gasteiger charge is 2.27. The summed E-state index contributed by atoms with van der Waals surface area (Å²) in [7, 11) is 1.53. The third-order valence-corrected chi connectivity index (χ3v) is 5.18. The summed E-state index contributed by atoms with van der Waals surface area (Å²) < 4.78 is 0. The third-order valence-electron chi connectivity index (χ3n) is 4.10. The van der Waals surface area contributed by atoms with Gasteiger partial charge in [-0.3, -0.25) is 9.59 Å². The Bertz CT molecular complexity index is 791. The standard InChI is InChI=1S/C19H19Cl3N2O2/c1-12(19(26)23-2)24(11-13-6-3-4-7-15(13)20)18(25)10-14-16(21)8-5-9-17(14)22/h3-9,12H,10-11H2,1-2H3,(H,23,26)/t12-/m0/s1. The van der Waals surface area contributed by atoms with Crippen molar-refractivity contribution in [2.45, 2.75) is 25.9 Å². The van der Waals surface area contributed by atoms with Crippen LogP contribution in [0.4, 0.5) is 0 Å². The molecule has 0 aliphatic carbocycles. The number of carbonyl (C=O) groups is 2. The topological polar surface area (TPSA) is 49.4 Å². The van der Waals surface area contributed by atoms with Gasteiger partial charge in [0.15, 0.2) is 0 Å². The lowest BCUT2D eigenvalue weighted by atomic mass is 10.1. The fraction of sp³-hybridized carbons (Fsp3) is 0.263. The largest absolute Gasteiger partial charge is 0.357 e. The van der Waals surface area contributed by atoms with E-state index in [0.29, 0.717) is 20.6 Å². The molecule has 0 aliphatic heterocycles. The van der Waals surface area contributed by atoms with Crippen molar-refractivity contribution in [2.24, 2.45) is 0 Å². The zero-order chi connectivity index (χ0) is 19.3. The van der Waals surface area contributed by atoms with Gasteiger partial charge in [-0.2, -0.15) is 0 Å². The molecule has 1 atom stereocenters. The molecule has 0 unspecified atom stereocenters. The summed E-state index contributed by atoms with van der Waals surface area (Å²) in [5.74, 6) is -0.535.